The number of anilines is 2. The Hall–Kier alpha value is -2.88. The molecule has 0 saturated carbocycles. The van der Waals surface area contributed by atoms with Crippen LogP contribution in [-0.4, -0.2) is 15.6 Å². The summed E-state index contributed by atoms with van der Waals surface area (Å²) in [6, 6.07) is 16.2. The van der Waals surface area contributed by atoms with E-state index < -0.39 is 0 Å². The molecule has 0 amide bonds. The van der Waals surface area contributed by atoms with Gasteiger partial charge in [-0.1, -0.05) is 24.3 Å². The summed E-state index contributed by atoms with van der Waals surface area (Å²) in [5, 5.41) is 8.11. The van der Waals surface area contributed by atoms with Crippen molar-refractivity contribution in [3.8, 4) is 5.69 Å². The molecule has 0 bridgehead atoms. The van der Waals surface area contributed by atoms with Crippen molar-refractivity contribution < 1.29 is 4.79 Å². The van der Waals surface area contributed by atoms with E-state index in [1.807, 2.05) is 41.1 Å². The van der Waals surface area contributed by atoms with Gasteiger partial charge in [-0.3, -0.25) is 4.79 Å². The molecule has 4 nitrogen and oxygen atoms in total. The molecule has 2 aromatic carbocycles. The molecule has 0 atom stereocenters. The number of rotatable bonds is 3. The van der Waals surface area contributed by atoms with Gasteiger partial charge in [0.2, 0.25) is 0 Å². The van der Waals surface area contributed by atoms with Gasteiger partial charge >= 0.3 is 0 Å². The van der Waals surface area contributed by atoms with Crippen LogP contribution < -0.4 is 5.32 Å². The zero-order valence-electron chi connectivity index (χ0n) is 14.5. The molecule has 25 heavy (non-hydrogen) atoms. The fraction of sp³-hybridized carbons (Fsp3) is 0.238. The van der Waals surface area contributed by atoms with E-state index in [4.69, 9.17) is 5.10 Å². The van der Waals surface area contributed by atoms with Crippen molar-refractivity contribution in [3.63, 3.8) is 0 Å². The van der Waals surface area contributed by atoms with Crippen LogP contribution in [0.1, 0.15) is 40.0 Å². The summed E-state index contributed by atoms with van der Waals surface area (Å²) in [5.74, 6) is 0.835. The summed E-state index contributed by atoms with van der Waals surface area (Å²) in [6.45, 7) is 4.18. The summed E-state index contributed by atoms with van der Waals surface area (Å²) in [5.41, 5.74) is 6.16. The number of carbonyl (C=O) groups excluding carboxylic acids is 1. The highest BCUT2D eigenvalue weighted by molar-refractivity contribution is 6.03. The number of aryl methyl sites for hydroxylation is 2. The SMILES string of the molecule is Cc1ccc(Nc2nn(-c3ccccc3)c3c2C(=O)CCC3)cc1C. The molecular formula is C21H21N3O. The van der Waals surface area contributed by atoms with Gasteiger partial charge in [-0.05, 0) is 62.1 Å². The number of para-hydroxylation sites is 1. The summed E-state index contributed by atoms with van der Waals surface area (Å²) in [6.07, 6.45) is 2.35. The van der Waals surface area contributed by atoms with Crippen LogP contribution in [0.25, 0.3) is 5.69 Å². The van der Waals surface area contributed by atoms with E-state index >= 15 is 0 Å². The van der Waals surface area contributed by atoms with Gasteiger partial charge in [0.05, 0.1) is 16.9 Å². The maximum atomic E-state index is 12.6. The number of Topliss-reactive ketones (excluding diaryl/α,β-unsaturated/α-hetero) is 1. The minimum absolute atomic E-state index is 0.176. The Morgan fingerprint density at radius 1 is 1.00 bits per heavy atom. The maximum Gasteiger partial charge on any atom is 0.168 e. The van der Waals surface area contributed by atoms with Crippen LogP contribution in [0.3, 0.4) is 0 Å². The van der Waals surface area contributed by atoms with Crippen LogP contribution in [0.5, 0.6) is 0 Å². The monoisotopic (exact) mass is 331 g/mol. The smallest absolute Gasteiger partial charge is 0.168 e. The first kappa shape index (κ1) is 15.6. The molecular weight excluding hydrogens is 310 g/mol. The number of hydrogen-bond donors (Lipinski definition) is 1. The molecule has 1 heterocycles. The zero-order chi connectivity index (χ0) is 17.4. The van der Waals surface area contributed by atoms with Gasteiger partial charge < -0.3 is 5.32 Å². The molecule has 0 fully saturated rings. The number of benzene rings is 2. The molecule has 3 aromatic rings. The minimum atomic E-state index is 0.176. The highest BCUT2D eigenvalue weighted by atomic mass is 16.1. The number of carbonyl (C=O) groups is 1. The Bertz CT molecular complexity index is 941. The number of hydrogen-bond acceptors (Lipinski definition) is 3. The standard InChI is InChI=1S/C21H21N3O/c1-14-11-12-16(13-15(14)2)22-21-20-18(9-6-10-19(20)25)24(23-21)17-7-4-3-5-8-17/h3-5,7-8,11-13H,6,9-10H2,1-2H3,(H,22,23). The predicted molar refractivity (Wildman–Crippen MR) is 100 cm³/mol. The summed E-state index contributed by atoms with van der Waals surface area (Å²) >= 11 is 0. The molecule has 1 N–H and O–H groups in total. The fourth-order valence-electron chi connectivity index (χ4n) is 3.34. The number of nitrogens with one attached hydrogen (secondary N) is 1. The predicted octanol–water partition coefficient (Wildman–Crippen LogP) is 4.75. The van der Waals surface area contributed by atoms with Gasteiger partial charge in [0.15, 0.2) is 11.6 Å². The van der Waals surface area contributed by atoms with Gasteiger partial charge in [-0.25, -0.2) is 4.68 Å². The van der Waals surface area contributed by atoms with E-state index in [0.717, 1.165) is 35.5 Å². The Balaban J connectivity index is 1.81. The summed E-state index contributed by atoms with van der Waals surface area (Å²) < 4.78 is 1.91. The fourth-order valence-corrected chi connectivity index (χ4v) is 3.34. The van der Waals surface area contributed by atoms with Crippen molar-refractivity contribution in [1.82, 2.24) is 9.78 Å². The van der Waals surface area contributed by atoms with Crippen molar-refractivity contribution in [2.45, 2.75) is 33.1 Å². The molecule has 1 aromatic heterocycles. The minimum Gasteiger partial charge on any atom is -0.338 e. The van der Waals surface area contributed by atoms with Crippen LogP contribution in [0.15, 0.2) is 48.5 Å². The zero-order valence-corrected chi connectivity index (χ0v) is 14.5. The highest BCUT2D eigenvalue weighted by Crippen LogP contribution is 2.31. The van der Waals surface area contributed by atoms with E-state index in [1.54, 1.807) is 0 Å². The third-order valence-electron chi connectivity index (χ3n) is 4.85. The van der Waals surface area contributed by atoms with Crippen LogP contribution in [0.2, 0.25) is 0 Å². The largest absolute Gasteiger partial charge is 0.338 e. The van der Waals surface area contributed by atoms with E-state index in [-0.39, 0.29) is 5.78 Å². The second-order valence-electron chi connectivity index (χ2n) is 6.62. The van der Waals surface area contributed by atoms with E-state index in [1.165, 1.54) is 11.1 Å². The lowest BCUT2D eigenvalue weighted by Crippen LogP contribution is -2.13. The van der Waals surface area contributed by atoms with E-state index in [2.05, 4.69) is 31.3 Å². The van der Waals surface area contributed by atoms with Crippen molar-refractivity contribution in [3.05, 3.63) is 70.9 Å². The first-order valence-corrected chi connectivity index (χ1v) is 8.68. The van der Waals surface area contributed by atoms with E-state index in [9.17, 15) is 4.79 Å². The first-order valence-electron chi connectivity index (χ1n) is 8.68. The van der Waals surface area contributed by atoms with Gasteiger partial charge in [0, 0.05) is 12.1 Å². The lowest BCUT2D eigenvalue weighted by atomic mass is 9.95. The number of aromatic nitrogens is 2. The third-order valence-corrected chi connectivity index (χ3v) is 4.85. The third kappa shape index (κ3) is 2.84. The summed E-state index contributed by atoms with van der Waals surface area (Å²) in [4.78, 5) is 12.6. The molecule has 126 valence electrons. The van der Waals surface area contributed by atoms with Gasteiger partial charge in [-0.2, -0.15) is 0 Å². The molecule has 0 saturated heterocycles. The van der Waals surface area contributed by atoms with Crippen LogP contribution in [0.4, 0.5) is 11.5 Å². The Morgan fingerprint density at radius 2 is 1.80 bits per heavy atom. The number of fused-ring (bicyclic) bond motifs is 1. The Kier molecular flexibility index (Phi) is 3.88. The quantitative estimate of drug-likeness (QED) is 0.753. The van der Waals surface area contributed by atoms with E-state index in [0.29, 0.717) is 12.2 Å². The van der Waals surface area contributed by atoms with Crippen LogP contribution in [-0.2, 0) is 6.42 Å². The van der Waals surface area contributed by atoms with Crippen molar-refractivity contribution >= 4 is 17.3 Å². The second kappa shape index (κ2) is 6.20. The van der Waals surface area contributed by atoms with Gasteiger partial charge in [0.1, 0.15) is 0 Å². The molecule has 0 aliphatic heterocycles. The van der Waals surface area contributed by atoms with Crippen molar-refractivity contribution in [2.24, 2.45) is 0 Å². The molecule has 4 rings (SSSR count). The average molecular weight is 331 g/mol. The Morgan fingerprint density at radius 3 is 2.56 bits per heavy atom. The Labute approximate surface area is 147 Å². The molecule has 1 aliphatic rings. The molecule has 0 radical (unpaired) electrons. The summed E-state index contributed by atoms with van der Waals surface area (Å²) in [7, 11) is 0. The van der Waals surface area contributed by atoms with Crippen molar-refractivity contribution in [2.75, 3.05) is 5.32 Å². The highest BCUT2D eigenvalue weighted by Gasteiger charge is 2.27. The lowest BCUT2D eigenvalue weighted by molar-refractivity contribution is 0.0973. The topological polar surface area (TPSA) is 46.9 Å². The molecule has 0 unspecified atom stereocenters. The maximum absolute atomic E-state index is 12.6. The average Bonchev–Trinajstić information content (AvgIpc) is 2.99. The first-order chi connectivity index (χ1) is 12.1. The van der Waals surface area contributed by atoms with Crippen LogP contribution >= 0.6 is 0 Å². The molecule has 1 aliphatic carbocycles. The van der Waals surface area contributed by atoms with Crippen LogP contribution in [0, 0.1) is 13.8 Å². The van der Waals surface area contributed by atoms with Gasteiger partial charge in [-0.15, -0.1) is 5.10 Å². The second-order valence-corrected chi connectivity index (χ2v) is 6.62. The normalized spacial score (nSPS) is 13.6. The number of ketones is 1. The van der Waals surface area contributed by atoms with Gasteiger partial charge in [0.25, 0.3) is 0 Å². The lowest BCUT2D eigenvalue weighted by Gasteiger charge is -2.13. The van der Waals surface area contributed by atoms with Crippen molar-refractivity contribution in [1.29, 1.82) is 0 Å². The molecule has 0 spiro atoms. The molecule has 4 heteroatoms. The number of nitrogens with zero attached hydrogens (tertiary/aromatic N) is 2.